The molecule has 2 bridgehead atoms. The monoisotopic (exact) mass is 259 g/mol. The molecule has 4 atom stereocenters. The molecule has 2 heteroatoms. The summed E-state index contributed by atoms with van der Waals surface area (Å²) < 4.78 is 5.47. The zero-order chi connectivity index (χ0) is 13.4. The van der Waals surface area contributed by atoms with Gasteiger partial charge in [-0.05, 0) is 56.4 Å². The average molecular weight is 259 g/mol. The maximum Gasteiger partial charge on any atom is 0.123 e. The largest absolute Gasteiger partial charge is 0.496 e. The molecule has 19 heavy (non-hydrogen) atoms. The number of methoxy groups -OCH3 is 1. The zero-order valence-electron chi connectivity index (χ0n) is 12.1. The smallest absolute Gasteiger partial charge is 0.123 e. The van der Waals surface area contributed by atoms with Crippen LogP contribution in [-0.2, 0) is 0 Å². The van der Waals surface area contributed by atoms with Gasteiger partial charge in [-0.25, -0.2) is 0 Å². The van der Waals surface area contributed by atoms with Crippen molar-refractivity contribution in [2.75, 3.05) is 7.11 Å². The first-order chi connectivity index (χ1) is 9.17. The number of ether oxygens (including phenoxy) is 1. The van der Waals surface area contributed by atoms with Gasteiger partial charge in [0.1, 0.15) is 5.75 Å². The Morgan fingerprint density at radius 2 is 2.16 bits per heavy atom. The molecule has 2 nitrogen and oxygen atoms in total. The summed E-state index contributed by atoms with van der Waals surface area (Å²) in [7, 11) is 1.73. The van der Waals surface area contributed by atoms with E-state index in [0.29, 0.717) is 0 Å². The number of aryl methyl sites for hydroxylation is 1. The summed E-state index contributed by atoms with van der Waals surface area (Å²) in [4.78, 5) is 0. The Hall–Kier alpha value is -1.02. The number of hydrogen-bond donors (Lipinski definition) is 1. The molecule has 2 saturated carbocycles. The summed E-state index contributed by atoms with van der Waals surface area (Å²) in [6.07, 6.45) is 6.90. The summed E-state index contributed by atoms with van der Waals surface area (Å²) in [5, 5.41) is 0. The van der Waals surface area contributed by atoms with Crippen LogP contribution in [0.1, 0.15) is 49.3 Å². The molecule has 3 rings (SSSR count). The minimum Gasteiger partial charge on any atom is -0.496 e. The molecule has 2 N–H and O–H groups in total. The first-order valence-electron chi connectivity index (χ1n) is 7.57. The average Bonchev–Trinajstić information content (AvgIpc) is 3.01. The predicted molar refractivity (Wildman–Crippen MR) is 78.2 cm³/mol. The maximum atomic E-state index is 6.47. The van der Waals surface area contributed by atoms with Crippen molar-refractivity contribution in [2.24, 2.45) is 23.5 Å². The van der Waals surface area contributed by atoms with Gasteiger partial charge in [0.2, 0.25) is 0 Å². The topological polar surface area (TPSA) is 35.2 Å². The lowest BCUT2D eigenvalue weighted by Gasteiger charge is -2.25. The predicted octanol–water partition coefficient (Wildman–Crippen LogP) is 3.83. The van der Waals surface area contributed by atoms with Gasteiger partial charge in [0, 0.05) is 11.6 Å². The van der Waals surface area contributed by atoms with E-state index in [4.69, 9.17) is 10.5 Å². The fourth-order valence-corrected chi connectivity index (χ4v) is 4.26. The Balaban J connectivity index is 1.73. The quantitative estimate of drug-likeness (QED) is 0.892. The summed E-state index contributed by atoms with van der Waals surface area (Å²) >= 11 is 0. The zero-order valence-corrected chi connectivity index (χ0v) is 12.1. The molecule has 0 amide bonds. The summed E-state index contributed by atoms with van der Waals surface area (Å²) in [6.45, 7) is 2.12. The van der Waals surface area contributed by atoms with Gasteiger partial charge in [0.15, 0.2) is 0 Å². The molecule has 0 heterocycles. The van der Waals surface area contributed by atoms with Gasteiger partial charge in [-0.15, -0.1) is 0 Å². The van der Waals surface area contributed by atoms with Crippen LogP contribution in [0.15, 0.2) is 18.2 Å². The molecule has 0 aliphatic heterocycles. The van der Waals surface area contributed by atoms with Gasteiger partial charge < -0.3 is 10.5 Å². The van der Waals surface area contributed by atoms with Gasteiger partial charge in [-0.2, -0.15) is 0 Å². The van der Waals surface area contributed by atoms with E-state index in [-0.39, 0.29) is 6.04 Å². The molecule has 1 aromatic carbocycles. The van der Waals surface area contributed by atoms with Gasteiger partial charge in [-0.3, -0.25) is 0 Å². The molecule has 104 valence electrons. The number of fused-ring (bicyclic) bond motifs is 2. The van der Waals surface area contributed by atoms with Crippen molar-refractivity contribution in [1.82, 2.24) is 0 Å². The number of hydrogen-bond acceptors (Lipinski definition) is 2. The molecule has 4 unspecified atom stereocenters. The van der Waals surface area contributed by atoms with Crippen molar-refractivity contribution in [1.29, 1.82) is 0 Å². The second-order valence-corrected chi connectivity index (χ2v) is 6.52. The Morgan fingerprint density at radius 1 is 1.32 bits per heavy atom. The van der Waals surface area contributed by atoms with Crippen molar-refractivity contribution >= 4 is 0 Å². The highest BCUT2D eigenvalue weighted by molar-refractivity contribution is 5.39. The Labute approximate surface area is 116 Å². The van der Waals surface area contributed by atoms with E-state index in [1.807, 2.05) is 6.07 Å². The lowest BCUT2D eigenvalue weighted by molar-refractivity contribution is 0.293. The van der Waals surface area contributed by atoms with Crippen molar-refractivity contribution in [3.63, 3.8) is 0 Å². The highest BCUT2D eigenvalue weighted by Crippen LogP contribution is 2.51. The van der Waals surface area contributed by atoms with Crippen LogP contribution in [0.5, 0.6) is 5.75 Å². The minimum absolute atomic E-state index is 0.124. The van der Waals surface area contributed by atoms with Crippen molar-refractivity contribution < 1.29 is 4.74 Å². The Bertz CT molecular complexity index is 457. The van der Waals surface area contributed by atoms with E-state index in [2.05, 4.69) is 19.1 Å². The fourth-order valence-electron chi connectivity index (χ4n) is 4.26. The van der Waals surface area contributed by atoms with Crippen molar-refractivity contribution in [3.8, 4) is 5.75 Å². The highest BCUT2D eigenvalue weighted by Gasteiger charge is 2.40. The first kappa shape index (κ1) is 13.0. The Kier molecular flexibility index (Phi) is 3.53. The van der Waals surface area contributed by atoms with Crippen LogP contribution < -0.4 is 10.5 Å². The molecular formula is C17H25NO. The number of rotatable bonds is 4. The number of nitrogens with two attached hydrogens (primary N) is 1. The molecular weight excluding hydrogens is 234 g/mol. The van der Waals surface area contributed by atoms with Crippen LogP contribution in [0.2, 0.25) is 0 Å². The van der Waals surface area contributed by atoms with E-state index in [9.17, 15) is 0 Å². The molecule has 0 aromatic heterocycles. The molecule has 2 fully saturated rings. The molecule has 0 radical (unpaired) electrons. The van der Waals surface area contributed by atoms with Gasteiger partial charge in [0.25, 0.3) is 0 Å². The van der Waals surface area contributed by atoms with E-state index < -0.39 is 0 Å². The third-order valence-corrected chi connectivity index (χ3v) is 5.23. The van der Waals surface area contributed by atoms with Crippen LogP contribution >= 0.6 is 0 Å². The van der Waals surface area contributed by atoms with Gasteiger partial charge in [-0.1, -0.05) is 24.1 Å². The third-order valence-electron chi connectivity index (χ3n) is 5.23. The SMILES string of the molecule is COc1ccc(C)cc1C(N)CC1CC2CCC1C2. The Morgan fingerprint density at radius 3 is 2.79 bits per heavy atom. The van der Waals surface area contributed by atoms with Crippen LogP contribution in [0, 0.1) is 24.7 Å². The van der Waals surface area contributed by atoms with Crippen molar-refractivity contribution in [3.05, 3.63) is 29.3 Å². The first-order valence-corrected chi connectivity index (χ1v) is 7.57. The van der Waals surface area contributed by atoms with Gasteiger partial charge in [0.05, 0.1) is 7.11 Å². The van der Waals surface area contributed by atoms with E-state index >= 15 is 0 Å². The lowest BCUT2D eigenvalue weighted by Crippen LogP contribution is -2.20. The van der Waals surface area contributed by atoms with E-state index in [0.717, 1.165) is 29.9 Å². The second kappa shape index (κ2) is 5.16. The third kappa shape index (κ3) is 2.51. The van der Waals surface area contributed by atoms with Crippen LogP contribution in [0.25, 0.3) is 0 Å². The summed E-state index contributed by atoms with van der Waals surface area (Å²) in [6, 6.07) is 6.45. The normalized spacial score (nSPS) is 30.6. The molecule has 2 aliphatic carbocycles. The van der Waals surface area contributed by atoms with Crippen LogP contribution in [-0.4, -0.2) is 7.11 Å². The van der Waals surface area contributed by atoms with E-state index in [1.165, 1.54) is 36.8 Å². The fraction of sp³-hybridized carbons (Fsp3) is 0.647. The van der Waals surface area contributed by atoms with Gasteiger partial charge >= 0.3 is 0 Å². The highest BCUT2D eigenvalue weighted by atomic mass is 16.5. The number of benzene rings is 1. The van der Waals surface area contributed by atoms with Crippen LogP contribution in [0.4, 0.5) is 0 Å². The van der Waals surface area contributed by atoms with E-state index in [1.54, 1.807) is 7.11 Å². The second-order valence-electron chi connectivity index (χ2n) is 6.52. The molecule has 0 saturated heterocycles. The summed E-state index contributed by atoms with van der Waals surface area (Å²) in [5.74, 6) is 3.74. The molecule has 0 spiro atoms. The standard InChI is InChI=1S/C17H25NO/c1-11-3-6-17(19-2)15(7-11)16(18)10-14-9-12-4-5-13(14)8-12/h3,6-7,12-14,16H,4-5,8-10,18H2,1-2H3. The minimum atomic E-state index is 0.124. The van der Waals surface area contributed by atoms with Crippen molar-refractivity contribution in [2.45, 2.75) is 45.1 Å². The van der Waals surface area contributed by atoms with Crippen LogP contribution in [0.3, 0.4) is 0 Å². The molecule has 2 aliphatic rings. The lowest BCUT2D eigenvalue weighted by atomic mass is 9.82. The molecule has 1 aromatic rings. The maximum absolute atomic E-state index is 6.47. The summed E-state index contributed by atoms with van der Waals surface area (Å²) in [5.41, 5.74) is 8.92.